The molecule has 3 amide bonds. The van der Waals surface area contributed by atoms with Gasteiger partial charge in [-0.2, -0.15) is 0 Å². The van der Waals surface area contributed by atoms with Crippen molar-refractivity contribution >= 4 is 29.1 Å². The van der Waals surface area contributed by atoms with Gasteiger partial charge in [0.2, 0.25) is 11.8 Å². The summed E-state index contributed by atoms with van der Waals surface area (Å²) in [6.45, 7) is 1.12. The summed E-state index contributed by atoms with van der Waals surface area (Å²) in [5, 5.41) is 1.99. The maximum absolute atomic E-state index is 13.1. The van der Waals surface area contributed by atoms with Gasteiger partial charge >= 0.3 is 0 Å². The number of rotatable bonds is 7. The molecule has 0 atom stereocenters. The molecule has 0 bridgehead atoms. The van der Waals surface area contributed by atoms with Crippen LogP contribution in [0.25, 0.3) is 0 Å². The lowest BCUT2D eigenvalue weighted by atomic mass is 10.1. The van der Waals surface area contributed by atoms with Crippen LogP contribution in [0.1, 0.15) is 39.4 Å². The van der Waals surface area contributed by atoms with Crippen LogP contribution < -0.4 is 0 Å². The fourth-order valence-electron chi connectivity index (χ4n) is 3.30. The Morgan fingerprint density at radius 2 is 1.76 bits per heavy atom. The van der Waals surface area contributed by atoms with Gasteiger partial charge < -0.3 is 9.32 Å². The molecule has 0 unspecified atom stereocenters. The molecule has 1 aliphatic rings. The summed E-state index contributed by atoms with van der Waals surface area (Å²) in [5.74, 6) is 0.332. The molecule has 0 spiro atoms. The number of hydrogen-bond acceptors (Lipinski definition) is 5. The zero-order valence-corrected chi connectivity index (χ0v) is 16.6. The van der Waals surface area contributed by atoms with Gasteiger partial charge in [0.25, 0.3) is 5.91 Å². The van der Waals surface area contributed by atoms with Crippen molar-refractivity contribution in [3.05, 3.63) is 81.9 Å². The minimum atomic E-state index is -0.143. The number of amides is 3. The van der Waals surface area contributed by atoms with Gasteiger partial charge in [0.1, 0.15) is 5.76 Å². The minimum Gasteiger partial charge on any atom is -0.467 e. The number of carbonyl (C=O) groups is 3. The monoisotopic (exact) mass is 408 g/mol. The van der Waals surface area contributed by atoms with Crippen molar-refractivity contribution in [2.75, 3.05) is 0 Å². The molecule has 3 aromatic rings. The molecule has 7 heteroatoms. The van der Waals surface area contributed by atoms with Crippen molar-refractivity contribution in [2.24, 2.45) is 0 Å². The second-order valence-corrected chi connectivity index (χ2v) is 7.92. The summed E-state index contributed by atoms with van der Waals surface area (Å²) in [5.41, 5.74) is 1.37. The maximum atomic E-state index is 13.1. The standard InChI is InChI=1S/C22H20N2O4S/c25-20-9-10-21(26)24(20)13-16-5-7-17(8-6-16)22(27)23(14-18-3-1-11-28-18)15-19-4-2-12-29-19/h1-8,11-12H,9-10,13-15H2. The third-order valence-electron chi connectivity index (χ3n) is 4.84. The van der Waals surface area contributed by atoms with Crippen molar-refractivity contribution in [3.63, 3.8) is 0 Å². The first-order valence-corrected chi connectivity index (χ1v) is 10.2. The van der Waals surface area contributed by atoms with Crippen molar-refractivity contribution < 1.29 is 18.8 Å². The van der Waals surface area contributed by atoms with Crippen LogP contribution in [-0.2, 0) is 29.2 Å². The van der Waals surface area contributed by atoms with Crippen molar-refractivity contribution in [2.45, 2.75) is 32.5 Å². The van der Waals surface area contributed by atoms with E-state index in [9.17, 15) is 14.4 Å². The van der Waals surface area contributed by atoms with Crippen LogP contribution in [0.15, 0.2) is 64.6 Å². The molecule has 29 heavy (non-hydrogen) atoms. The molecule has 148 valence electrons. The molecule has 4 rings (SSSR count). The second-order valence-electron chi connectivity index (χ2n) is 6.89. The number of nitrogens with zero attached hydrogens (tertiary/aromatic N) is 2. The molecule has 2 aromatic heterocycles. The zero-order valence-electron chi connectivity index (χ0n) is 15.7. The van der Waals surface area contributed by atoms with Crippen LogP contribution in [0, 0.1) is 0 Å². The molecule has 1 aromatic carbocycles. The topological polar surface area (TPSA) is 70.8 Å². The largest absolute Gasteiger partial charge is 0.467 e. The first-order valence-electron chi connectivity index (χ1n) is 9.36. The lowest BCUT2D eigenvalue weighted by Gasteiger charge is -2.21. The fourth-order valence-corrected chi connectivity index (χ4v) is 4.02. The number of furan rings is 1. The van der Waals surface area contributed by atoms with Gasteiger partial charge in [-0.1, -0.05) is 18.2 Å². The van der Waals surface area contributed by atoms with Crippen molar-refractivity contribution in [1.82, 2.24) is 9.80 Å². The van der Waals surface area contributed by atoms with Crippen LogP contribution in [0.2, 0.25) is 0 Å². The van der Waals surface area contributed by atoms with Gasteiger partial charge in [0.15, 0.2) is 0 Å². The fraction of sp³-hybridized carbons (Fsp3) is 0.227. The molecule has 3 heterocycles. The van der Waals surface area contributed by atoms with Gasteiger partial charge in [-0.25, -0.2) is 0 Å². The third-order valence-corrected chi connectivity index (χ3v) is 5.70. The number of likely N-dealkylation sites (tertiary alicyclic amines) is 1. The molecule has 0 N–H and O–H groups in total. The third kappa shape index (κ3) is 4.46. The molecule has 0 aliphatic carbocycles. The predicted octanol–water partition coefficient (Wildman–Crippen LogP) is 3.83. The molecular weight excluding hydrogens is 388 g/mol. The first-order chi connectivity index (χ1) is 14.1. The van der Waals surface area contributed by atoms with Gasteiger partial charge in [-0.15, -0.1) is 11.3 Å². The molecule has 1 aliphatic heterocycles. The van der Waals surface area contributed by atoms with E-state index in [2.05, 4.69) is 0 Å². The first kappa shape index (κ1) is 19.1. The lowest BCUT2D eigenvalue weighted by Crippen LogP contribution is -2.30. The van der Waals surface area contributed by atoms with E-state index in [-0.39, 0.29) is 37.1 Å². The molecule has 1 fully saturated rings. The van der Waals surface area contributed by atoms with Crippen LogP contribution >= 0.6 is 11.3 Å². The van der Waals surface area contributed by atoms with E-state index in [0.717, 1.165) is 16.2 Å². The Bertz CT molecular complexity index is 942. The smallest absolute Gasteiger partial charge is 0.254 e. The molecular formula is C22H20N2O4S. The van der Waals surface area contributed by atoms with E-state index in [1.54, 1.807) is 52.8 Å². The SMILES string of the molecule is O=C(c1ccc(CN2C(=O)CCC2=O)cc1)N(Cc1ccco1)Cc1cccs1. The quantitative estimate of drug-likeness (QED) is 0.557. The lowest BCUT2D eigenvalue weighted by molar-refractivity contribution is -0.139. The predicted molar refractivity (Wildman–Crippen MR) is 108 cm³/mol. The van der Waals surface area contributed by atoms with Crippen LogP contribution in [0.4, 0.5) is 0 Å². The summed E-state index contributed by atoms with van der Waals surface area (Å²) in [6, 6.07) is 14.7. The van der Waals surface area contributed by atoms with E-state index in [0.29, 0.717) is 18.7 Å². The summed E-state index contributed by atoms with van der Waals surface area (Å²) in [7, 11) is 0. The van der Waals surface area contributed by atoms with Crippen molar-refractivity contribution in [3.8, 4) is 0 Å². The summed E-state index contributed by atoms with van der Waals surface area (Å²) in [6.07, 6.45) is 2.15. The molecule has 0 saturated carbocycles. The number of hydrogen-bond donors (Lipinski definition) is 0. The van der Waals surface area contributed by atoms with Gasteiger partial charge in [0, 0.05) is 23.3 Å². The normalized spacial score (nSPS) is 13.9. The van der Waals surface area contributed by atoms with Crippen LogP contribution in [-0.4, -0.2) is 27.5 Å². The summed E-state index contributed by atoms with van der Waals surface area (Å²) < 4.78 is 5.42. The highest BCUT2D eigenvalue weighted by Crippen LogP contribution is 2.19. The van der Waals surface area contributed by atoms with E-state index < -0.39 is 0 Å². The summed E-state index contributed by atoms with van der Waals surface area (Å²) in [4.78, 5) is 40.8. The maximum Gasteiger partial charge on any atom is 0.254 e. The number of thiophene rings is 1. The minimum absolute atomic E-state index is 0.102. The molecule has 1 saturated heterocycles. The van der Waals surface area contributed by atoms with Crippen LogP contribution in [0.5, 0.6) is 0 Å². The van der Waals surface area contributed by atoms with Gasteiger partial charge in [0.05, 0.1) is 25.9 Å². The number of imide groups is 1. The Morgan fingerprint density at radius 3 is 2.38 bits per heavy atom. The average Bonchev–Trinajstić information content (AvgIpc) is 3.48. The van der Waals surface area contributed by atoms with Gasteiger partial charge in [-0.05, 0) is 41.3 Å². The van der Waals surface area contributed by atoms with E-state index >= 15 is 0 Å². The van der Waals surface area contributed by atoms with E-state index in [1.807, 2.05) is 23.6 Å². The molecule has 0 radical (unpaired) electrons. The Balaban J connectivity index is 1.49. The summed E-state index contributed by atoms with van der Waals surface area (Å²) >= 11 is 1.60. The highest BCUT2D eigenvalue weighted by Gasteiger charge is 2.28. The highest BCUT2D eigenvalue weighted by atomic mass is 32.1. The van der Waals surface area contributed by atoms with Gasteiger partial charge in [-0.3, -0.25) is 19.3 Å². The van der Waals surface area contributed by atoms with Crippen LogP contribution in [0.3, 0.4) is 0 Å². The number of carbonyl (C=O) groups excluding carboxylic acids is 3. The zero-order chi connectivity index (χ0) is 20.2. The Morgan fingerprint density at radius 1 is 1.00 bits per heavy atom. The van der Waals surface area contributed by atoms with E-state index in [1.165, 1.54) is 4.90 Å². The molecule has 6 nitrogen and oxygen atoms in total. The Kier molecular flexibility index (Phi) is 5.57. The van der Waals surface area contributed by atoms with E-state index in [4.69, 9.17) is 4.42 Å². The van der Waals surface area contributed by atoms with Crippen molar-refractivity contribution in [1.29, 1.82) is 0 Å². The number of benzene rings is 1. The Labute approximate surface area is 172 Å². The second kappa shape index (κ2) is 8.45. The average molecular weight is 408 g/mol. The Hall–Kier alpha value is -3.19. The highest BCUT2D eigenvalue weighted by molar-refractivity contribution is 7.09.